The van der Waals surface area contributed by atoms with E-state index in [0.29, 0.717) is 0 Å². The van der Waals surface area contributed by atoms with Crippen LogP contribution in [0.2, 0.25) is 0 Å². The Balaban J connectivity index is 1.84. The Bertz CT molecular complexity index is 693. The van der Waals surface area contributed by atoms with Crippen molar-refractivity contribution in [1.29, 1.82) is 0 Å². The van der Waals surface area contributed by atoms with Crippen LogP contribution in [0.5, 0.6) is 11.5 Å². The average molecular weight is 316 g/mol. The Morgan fingerprint density at radius 2 is 2.22 bits per heavy atom. The van der Waals surface area contributed by atoms with E-state index in [0.717, 1.165) is 43.7 Å². The normalized spacial score (nSPS) is 43.7. The molecule has 1 saturated carbocycles. The molecular weight excluding hydrogens is 292 g/mol. The van der Waals surface area contributed by atoms with Gasteiger partial charge in [0.15, 0.2) is 11.5 Å². The molecule has 1 saturated heterocycles. The molecule has 23 heavy (non-hydrogen) atoms. The lowest BCUT2D eigenvalue weighted by atomic mass is 9.48. The zero-order valence-electron chi connectivity index (χ0n) is 13.7. The first kappa shape index (κ1) is 14.1. The fourth-order valence-corrected chi connectivity index (χ4v) is 5.94. The van der Waals surface area contributed by atoms with Crippen LogP contribution in [0.1, 0.15) is 30.4 Å². The Labute approximate surface area is 136 Å². The highest BCUT2D eigenvalue weighted by Gasteiger charge is 2.72. The zero-order chi connectivity index (χ0) is 16.0. The van der Waals surface area contributed by atoms with Crippen molar-refractivity contribution in [3.8, 4) is 11.5 Å². The number of likely N-dealkylation sites (N-methyl/N-ethyl adjacent to an activating group) is 1. The van der Waals surface area contributed by atoms with Crippen LogP contribution in [0.15, 0.2) is 12.1 Å². The van der Waals surface area contributed by atoms with Crippen LogP contribution in [0.25, 0.3) is 0 Å². The molecule has 5 atom stereocenters. The molecule has 2 fully saturated rings. The molecule has 5 heteroatoms. The monoisotopic (exact) mass is 316 g/mol. The summed E-state index contributed by atoms with van der Waals surface area (Å²) < 4.78 is 11.9. The van der Waals surface area contributed by atoms with E-state index in [-0.39, 0.29) is 23.6 Å². The Morgan fingerprint density at radius 3 is 3.00 bits per heavy atom. The van der Waals surface area contributed by atoms with Crippen molar-refractivity contribution in [2.45, 2.75) is 54.9 Å². The summed E-state index contributed by atoms with van der Waals surface area (Å²) in [5.41, 5.74) is 7.80. The summed E-state index contributed by atoms with van der Waals surface area (Å²) in [7, 11) is 3.80. The third-order valence-electron chi connectivity index (χ3n) is 6.98. The number of aliphatic hydroxyl groups is 1. The van der Waals surface area contributed by atoms with Crippen molar-refractivity contribution in [2.24, 2.45) is 5.73 Å². The first-order valence-corrected chi connectivity index (χ1v) is 8.58. The lowest BCUT2D eigenvalue weighted by Crippen LogP contribution is -2.77. The lowest BCUT2D eigenvalue weighted by Gasteiger charge is -2.63. The molecule has 2 aliphatic carbocycles. The standard InChI is InChI=1S/C18H24N2O3/c1-20-8-7-17-14-10-3-4-12(22-2)15(14)23-16(17)11(19)5-6-18(17,21)13(20)9-10/h3-4,11,13,16,21H,5-9,19H2,1-2H3/t11-,13-,16+,17+,18-/m1/s1. The van der Waals surface area contributed by atoms with E-state index in [2.05, 4.69) is 18.0 Å². The van der Waals surface area contributed by atoms with Gasteiger partial charge in [-0.1, -0.05) is 6.07 Å². The van der Waals surface area contributed by atoms with E-state index in [1.165, 1.54) is 11.1 Å². The van der Waals surface area contributed by atoms with Crippen molar-refractivity contribution >= 4 is 0 Å². The molecule has 0 radical (unpaired) electrons. The molecule has 1 spiro atoms. The molecule has 5 nitrogen and oxygen atoms in total. The number of nitrogens with zero attached hydrogens (tertiary/aromatic N) is 1. The Kier molecular flexibility index (Phi) is 2.57. The van der Waals surface area contributed by atoms with Crippen LogP contribution >= 0.6 is 0 Å². The summed E-state index contributed by atoms with van der Waals surface area (Å²) >= 11 is 0. The highest BCUT2D eigenvalue weighted by Crippen LogP contribution is 2.65. The minimum atomic E-state index is -0.759. The molecule has 0 amide bonds. The highest BCUT2D eigenvalue weighted by atomic mass is 16.5. The van der Waals surface area contributed by atoms with Crippen LogP contribution in [0.3, 0.4) is 0 Å². The molecule has 2 heterocycles. The molecule has 1 aromatic rings. The van der Waals surface area contributed by atoms with Gasteiger partial charge in [0.1, 0.15) is 6.10 Å². The van der Waals surface area contributed by atoms with Crippen LogP contribution in [-0.4, -0.2) is 54.5 Å². The molecular formula is C18H24N2O3. The van der Waals surface area contributed by atoms with E-state index < -0.39 is 5.60 Å². The molecule has 4 aliphatic rings. The maximum absolute atomic E-state index is 11.8. The zero-order valence-corrected chi connectivity index (χ0v) is 13.7. The summed E-state index contributed by atoms with van der Waals surface area (Å²) in [6, 6.07) is 4.24. The number of nitrogens with two attached hydrogens (primary N) is 1. The van der Waals surface area contributed by atoms with E-state index in [1.54, 1.807) is 7.11 Å². The molecule has 5 rings (SSSR count). The van der Waals surface area contributed by atoms with Gasteiger partial charge in [-0.25, -0.2) is 0 Å². The molecule has 0 unspecified atom stereocenters. The van der Waals surface area contributed by atoms with E-state index >= 15 is 0 Å². The van der Waals surface area contributed by atoms with E-state index in [4.69, 9.17) is 15.2 Å². The number of hydrogen-bond donors (Lipinski definition) is 2. The van der Waals surface area contributed by atoms with Crippen LogP contribution in [0, 0.1) is 0 Å². The third kappa shape index (κ3) is 1.37. The molecule has 3 N–H and O–H groups in total. The second kappa shape index (κ2) is 4.21. The number of methoxy groups -OCH3 is 1. The number of benzene rings is 1. The predicted molar refractivity (Wildman–Crippen MR) is 86.0 cm³/mol. The summed E-state index contributed by atoms with van der Waals surface area (Å²) in [6.07, 6.45) is 3.16. The topological polar surface area (TPSA) is 68.0 Å². The minimum absolute atomic E-state index is 0.0395. The molecule has 1 aromatic carbocycles. The van der Waals surface area contributed by atoms with E-state index in [1.807, 2.05) is 6.07 Å². The van der Waals surface area contributed by atoms with Gasteiger partial charge in [0, 0.05) is 17.6 Å². The Hall–Kier alpha value is -1.30. The maximum atomic E-state index is 11.8. The summed E-state index contributed by atoms with van der Waals surface area (Å²) in [5, 5.41) is 11.8. The minimum Gasteiger partial charge on any atom is -0.493 e. The largest absolute Gasteiger partial charge is 0.493 e. The second-order valence-electron chi connectivity index (χ2n) is 7.72. The molecule has 2 aliphatic heterocycles. The SMILES string of the molecule is COc1ccc2c3c1O[C@H]1[C@H](N)CC[C@@]4(O)[C@@H](C2)N(C)CC[C@]314. The van der Waals surface area contributed by atoms with Gasteiger partial charge >= 0.3 is 0 Å². The van der Waals surface area contributed by atoms with Gasteiger partial charge in [-0.05, 0) is 50.9 Å². The quantitative estimate of drug-likeness (QED) is 0.802. The first-order chi connectivity index (χ1) is 11.0. The van der Waals surface area contributed by atoms with Crippen molar-refractivity contribution < 1.29 is 14.6 Å². The van der Waals surface area contributed by atoms with Gasteiger partial charge in [0.05, 0.1) is 18.1 Å². The van der Waals surface area contributed by atoms with Gasteiger partial charge in [-0.15, -0.1) is 0 Å². The smallest absolute Gasteiger partial charge is 0.165 e. The van der Waals surface area contributed by atoms with Gasteiger partial charge in [-0.3, -0.25) is 0 Å². The fraction of sp³-hybridized carbons (Fsp3) is 0.667. The van der Waals surface area contributed by atoms with Crippen LogP contribution in [0.4, 0.5) is 0 Å². The number of ether oxygens (including phenoxy) is 2. The summed E-state index contributed by atoms with van der Waals surface area (Å²) in [6.45, 7) is 0.968. The van der Waals surface area contributed by atoms with Crippen molar-refractivity contribution in [1.82, 2.24) is 4.90 Å². The predicted octanol–water partition coefficient (Wildman–Crippen LogP) is 0.806. The third-order valence-corrected chi connectivity index (χ3v) is 6.98. The number of hydrogen-bond acceptors (Lipinski definition) is 5. The first-order valence-electron chi connectivity index (χ1n) is 8.58. The van der Waals surface area contributed by atoms with Crippen molar-refractivity contribution in [3.63, 3.8) is 0 Å². The fourth-order valence-electron chi connectivity index (χ4n) is 5.94. The van der Waals surface area contributed by atoms with Gasteiger partial charge in [-0.2, -0.15) is 0 Å². The Morgan fingerprint density at radius 1 is 1.39 bits per heavy atom. The second-order valence-corrected chi connectivity index (χ2v) is 7.72. The van der Waals surface area contributed by atoms with Crippen molar-refractivity contribution in [2.75, 3.05) is 20.7 Å². The van der Waals surface area contributed by atoms with Crippen LogP contribution < -0.4 is 15.2 Å². The lowest BCUT2D eigenvalue weighted by molar-refractivity contribution is -0.184. The molecule has 2 bridgehead atoms. The average Bonchev–Trinajstić information content (AvgIpc) is 2.90. The summed E-state index contributed by atoms with van der Waals surface area (Å²) in [4.78, 5) is 2.32. The summed E-state index contributed by atoms with van der Waals surface area (Å²) in [5.74, 6) is 1.59. The number of likely N-dealkylation sites (tertiary alicyclic amines) is 1. The molecule has 124 valence electrons. The van der Waals surface area contributed by atoms with Crippen LogP contribution in [-0.2, 0) is 11.8 Å². The maximum Gasteiger partial charge on any atom is 0.165 e. The number of piperidine rings is 1. The highest BCUT2D eigenvalue weighted by molar-refractivity contribution is 5.63. The van der Waals surface area contributed by atoms with Gasteiger partial charge in [0.25, 0.3) is 0 Å². The van der Waals surface area contributed by atoms with Crippen molar-refractivity contribution in [3.05, 3.63) is 23.3 Å². The van der Waals surface area contributed by atoms with Gasteiger partial charge < -0.3 is 25.2 Å². The number of rotatable bonds is 1. The van der Waals surface area contributed by atoms with Gasteiger partial charge in [0.2, 0.25) is 0 Å². The van der Waals surface area contributed by atoms with E-state index in [9.17, 15) is 5.11 Å². The molecule has 0 aromatic heterocycles.